The van der Waals surface area contributed by atoms with Gasteiger partial charge in [0.15, 0.2) is 0 Å². The van der Waals surface area contributed by atoms with Gasteiger partial charge in [-0.2, -0.15) is 0 Å². The third-order valence-corrected chi connectivity index (χ3v) is 7.83. The van der Waals surface area contributed by atoms with Crippen molar-refractivity contribution in [3.63, 3.8) is 0 Å². The summed E-state index contributed by atoms with van der Waals surface area (Å²) in [7, 11) is -3.85. The minimum absolute atomic E-state index is 0.0122. The van der Waals surface area contributed by atoms with E-state index in [0.29, 0.717) is 43.2 Å². The number of benzene rings is 2. The van der Waals surface area contributed by atoms with Crippen molar-refractivity contribution in [3.05, 3.63) is 58.6 Å². The highest BCUT2D eigenvalue weighted by Crippen LogP contribution is 2.35. The predicted octanol–water partition coefficient (Wildman–Crippen LogP) is 3.96. The maximum absolute atomic E-state index is 13.3. The molecule has 1 saturated heterocycles. The van der Waals surface area contributed by atoms with Gasteiger partial charge in [-0.25, -0.2) is 8.42 Å². The summed E-state index contributed by atoms with van der Waals surface area (Å²) in [6.07, 6.45) is 2.74. The van der Waals surface area contributed by atoms with Gasteiger partial charge in [0.25, 0.3) is 15.9 Å². The van der Waals surface area contributed by atoms with Gasteiger partial charge in [-0.3, -0.25) is 9.10 Å². The number of fused-ring (bicyclic) bond motifs is 1. The molecule has 7 heteroatoms. The van der Waals surface area contributed by atoms with E-state index in [1.54, 1.807) is 17.0 Å². The number of nitrogens with zero attached hydrogens (tertiary/aromatic N) is 2. The van der Waals surface area contributed by atoms with Crippen LogP contribution in [0, 0.1) is 5.92 Å². The summed E-state index contributed by atoms with van der Waals surface area (Å²) >= 11 is 6.27. The first-order chi connectivity index (χ1) is 13.4. The molecule has 2 aliphatic heterocycles. The lowest BCUT2D eigenvalue weighted by Crippen LogP contribution is -2.39. The normalized spacial score (nSPS) is 19.6. The van der Waals surface area contributed by atoms with E-state index < -0.39 is 10.0 Å². The highest BCUT2D eigenvalue weighted by molar-refractivity contribution is 7.93. The fourth-order valence-electron chi connectivity index (χ4n) is 4.07. The molecule has 0 aliphatic carbocycles. The van der Waals surface area contributed by atoms with Crippen LogP contribution in [0.2, 0.25) is 5.02 Å². The van der Waals surface area contributed by atoms with Crippen molar-refractivity contribution in [1.82, 2.24) is 4.90 Å². The van der Waals surface area contributed by atoms with Crippen LogP contribution in [0.3, 0.4) is 0 Å². The van der Waals surface area contributed by atoms with Crippen molar-refractivity contribution in [2.24, 2.45) is 5.92 Å². The average molecular weight is 419 g/mol. The Morgan fingerprint density at radius 3 is 2.71 bits per heavy atom. The Labute approximate surface area is 171 Å². The molecule has 5 nitrogen and oxygen atoms in total. The smallest absolute Gasteiger partial charge is 0.265 e. The van der Waals surface area contributed by atoms with E-state index >= 15 is 0 Å². The third kappa shape index (κ3) is 3.40. The highest BCUT2D eigenvalue weighted by Gasteiger charge is 2.33. The van der Waals surface area contributed by atoms with E-state index in [-0.39, 0.29) is 15.8 Å². The molecule has 1 amide bonds. The summed E-state index contributed by atoms with van der Waals surface area (Å²) in [5.41, 5.74) is 2.04. The van der Waals surface area contributed by atoms with Crippen LogP contribution in [0.5, 0.6) is 0 Å². The zero-order valence-electron chi connectivity index (χ0n) is 15.8. The van der Waals surface area contributed by atoms with Gasteiger partial charge in [0.1, 0.15) is 4.90 Å². The Morgan fingerprint density at radius 1 is 1.14 bits per heavy atom. The maximum Gasteiger partial charge on any atom is 0.265 e. The van der Waals surface area contributed by atoms with Gasteiger partial charge in [-0.1, -0.05) is 36.7 Å². The molecule has 28 heavy (non-hydrogen) atoms. The molecule has 1 atom stereocenters. The van der Waals surface area contributed by atoms with Crippen LogP contribution >= 0.6 is 11.6 Å². The molecule has 1 fully saturated rings. The van der Waals surface area contributed by atoms with Crippen LogP contribution < -0.4 is 4.31 Å². The number of halogens is 1. The van der Waals surface area contributed by atoms with Gasteiger partial charge in [-0.15, -0.1) is 0 Å². The molecule has 0 bridgehead atoms. The van der Waals surface area contributed by atoms with E-state index in [9.17, 15) is 13.2 Å². The van der Waals surface area contributed by atoms with Crippen molar-refractivity contribution in [3.8, 4) is 0 Å². The third-order valence-electron chi connectivity index (χ3n) is 5.53. The molecular weight excluding hydrogens is 396 g/mol. The lowest BCUT2D eigenvalue weighted by molar-refractivity contribution is 0.0683. The molecule has 2 aromatic rings. The maximum atomic E-state index is 13.3. The first-order valence-electron chi connectivity index (χ1n) is 9.57. The Morgan fingerprint density at radius 2 is 1.93 bits per heavy atom. The van der Waals surface area contributed by atoms with E-state index in [1.807, 2.05) is 18.2 Å². The molecule has 0 saturated carbocycles. The van der Waals surface area contributed by atoms with Crippen molar-refractivity contribution >= 4 is 33.2 Å². The standard InChI is InChI=1S/C21H23ClN2O3S/c1-15-5-4-11-23(14-15)21(25)17-8-9-18(22)20(13-17)28(26,27)24-12-10-16-6-2-3-7-19(16)24/h2-3,6-9,13,15H,4-5,10-12,14H2,1H3/t15-/m1/s1. The van der Waals surface area contributed by atoms with Gasteiger partial charge in [0.05, 0.1) is 10.7 Å². The minimum Gasteiger partial charge on any atom is -0.338 e. The molecule has 0 unspecified atom stereocenters. The van der Waals surface area contributed by atoms with Gasteiger partial charge >= 0.3 is 0 Å². The summed E-state index contributed by atoms with van der Waals surface area (Å²) in [5.74, 6) is 0.316. The second-order valence-electron chi connectivity index (χ2n) is 7.60. The van der Waals surface area contributed by atoms with Crippen molar-refractivity contribution < 1.29 is 13.2 Å². The molecule has 0 N–H and O–H groups in total. The SMILES string of the molecule is C[C@@H]1CCCN(C(=O)c2ccc(Cl)c(S(=O)(=O)N3CCc4ccccc43)c2)C1. The fourth-order valence-corrected chi connectivity index (χ4v) is 6.07. The van der Waals surface area contributed by atoms with E-state index in [0.717, 1.165) is 18.4 Å². The summed E-state index contributed by atoms with van der Waals surface area (Å²) in [5, 5.41) is 0.132. The summed E-state index contributed by atoms with van der Waals surface area (Å²) < 4.78 is 28.1. The lowest BCUT2D eigenvalue weighted by Gasteiger charge is -2.31. The Bertz CT molecular complexity index is 1020. The first-order valence-corrected chi connectivity index (χ1v) is 11.4. The molecule has 2 aromatic carbocycles. The van der Waals surface area contributed by atoms with Crippen LogP contribution in [0.25, 0.3) is 0 Å². The number of para-hydroxylation sites is 1. The number of likely N-dealkylation sites (tertiary alicyclic amines) is 1. The van der Waals surface area contributed by atoms with Crippen LogP contribution in [0.1, 0.15) is 35.7 Å². The second-order valence-corrected chi connectivity index (χ2v) is 9.84. The first kappa shape index (κ1) is 19.3. The number of anilines is 1. The number of piperidine rings is 1. The van der Waals surface area contributed by atoms with Crippen LogP contribution in [0.15, 0.2) is 47.4 Å². The molecule has 148 valence electrons. The summed E-state index contributed by atoms with van der Waals surface area (Å²) in [6, 6.07) is 12.0. The van der Waals surface area contributed by atoms with Crippen molar-refractivity contribution in [2.75, 3.05) is 23.9 Å². The molecule has 2 aliphatic rings. The number of carbonyl (C=O) groups is 1. The highest BCUT2D eigenvalue weighted by atomic mass is 35.5. The topological polar surface area (TPSA) is 57.7 Å². The zero-order chi connectivity index (χ0) is 19.9. The number of hydrogen-bond acceptors (Lipinski definition) is 3. The van der Waals surface area contributed by atoms with E-state index in [4.69, 9.17) is 11.6 Å². The van der Waals surface area contributed by atoms with E-state index in [2.05, 4.69) is 6.92 Å². The Balaban J connectivity index is 1.68. The van der Waals surface area contributed by atoms with Gasteiger partial charge in [-0.05, 0) is 55.0 Å². The molecular formula is C21H23ClN2O3S. The number of hydrogen-bond donors (Lipinski definition) is 0. The summed E-state index contributed by atoms with van der Waals surface area (Å²) in [4.78, 5) is 14.7. The average Bonchev–Trinajstić information content (AvgIpc) is 3.12. The van der Waals surface area contributed by atoms with Gasteiger partial charge in [0.2, 0.25) is 0 Å². The lowest BCUT2D eigenvalue weighted by atomic mass is 9.99. The fraction of sp³-hybridized carbons (Fsp3) is 0.381. The number of sulfonamides is 1. The van der Waals surface area contributed by atoms with Crippen LogP contribution in [-0.4, -0.2) is 38.9 Å². The van der Waals surface area contributed by atoms with Crippen molar-refractivity contribution in [1.29, 1.82) is 0 Å². The zero-order valence-corrected chi connectivity index (χ0v) is 17.3. The summed E-state index contributed by atoms with van der Waals surface area (Å²) in [6.45, 7) is 3.90. The van der Waals surface area contributed by atoms with Gasteiger partial charge < -0.3 is 4.90 Å². The largest absolute Gasteiger partial charge is 0.338 e. The molecule has 0 radical (unpaired) electrons. The molecule has 2 heterocycles. The molecule has 4 rings (SSSR count). The second kappa shape index (κ2) is 7.41. The quantitative estimate of drug-likeness (QED) is 0.757. The van der Waals surface area contributed by atoms with Gasteiger partial charge in [0, 0.05) is 25.2 Å². The van der Waals surface area contributed by atoms with Crippen molar-refractivity contribution in [2.45, 2.75) is 31.1 Å². The minimum atomic E-state index is -3.85. The molecule has 0 spiro atoms. The van der Waals surface area contributed by atoms with Crippen LogP contribution in [-0.2, 0) is 16.4 Å². The predicted molar refractivity (Wildman–Crippen MR) is 110 cm³/mol. The molecule has 0 aromatic heterocycles. The monoisotopic (exact) mass is 418 g/mol. The Hall–Kier alpha value is -2.05. The van der Waals surface area contributed by atoms with E-state index in [1.165, 1.54) is 16.4 Å². The number of rotatable bonds is 3. The Kier molecular flexibility index (Phi) is 5.10. The number of carbonyl (C=O) groups excluding carboxylic acids is 1. The van der Waals surface area contributed by atoms with Crippen LogP contribution in [0.4, 0.5) is 5.69 Å². The number of amides is 1.